The summed E-state index contributed by atoms with van der Waals surface area (Å²) in [4.78, 5) is 22.2. The second-order valence-electron chi connectivity index (χ2n) is 9.65. The Balaban J connectivity index is 0.00000156. The van der Waals surface area contributed by atoms with Crippen molar-refractivity contribution >= 4 is 47.1 Å². The maximum atomic E-state index is 13.6. The Morgan fingerprint density at radius 3 is 2.54 bits per heavy atom. The van der Waals surface area contributed by atoms with Gasteiger partial charge in [0.1, 0.15) is 5.16 Å². The quantitative estimate of drug-likeness (QED) is 0.379. The van der Waals surface area contributed by atoms with Crippen molar-refractivity contribution in [2.24, 2.45) is 4.99 Å². The molecule has 0 unspecified atom stereocenters. The molecule has 5 rings (SSSR count). The topological polar surface area (TPSA) is 35.9 Å². The summed E-state index contributed by atoms with van der Waals surface area (Å²) in [5, 5.41) is 1.18. The van der Waals surface area contributed by atoms with Gasteiger partial charge < -0.3 is 4.90 Å². The van der Waals surface area contributed by atoms with E-state index in [-0.39, 0.29) is 11.3 Å². The number of aliphatic imine (C=N–C) groups is 1. The zero-order valence-corrected chi connectivity index (χ0v) is 23.4. The van der Waals surface area contributed by atoms with Crippen LogP contribution in [0, 0.1) is 6.92 Å². The number of hydrogen-bond donors (Lipinski definition) is 0. The molecule has 3 aliphatic heterocycles. The first-order chi connectivity index (χ1) is 17.9. The minimum absolute atomic E-state index is 0.000268. The number of allylic oxidation sites excluding steroid dienone is 2. The fraction of sp³-hybridized carbons (Fsp3) is 0.355. The van der Waals surface area contributed by atoms with Gasteiger partial charge in [-0.05, 0) is 80.8 Å². The third kappa shape index (κ3) is 6.26. The predicted molar refractivity (Wildman–Crippen MR) is 158 cm³/mol. The van der Waals surface area contributed by atoms with Crippen LogP contribution < -0.4 is 4.90 Å². The number of likely N-dealkylation sites (tertiary alicyclic amines) is 1. The Morgan fingerprint density at radius 1 is 1.08 bits per heavy atom. The van der Waals surface area contributed by atoms with E-state index in [0.717, 1.165) is 60.9 Å². The van der Waals surface area contributed by atoms with Crippen LogP contribution in [-0.4, -0.2) is 43.2 Å². The number of rotatable bonds is 4. The molecule has 2 aromatic rings. The van der Waals surface area contributed by atoms with E-state index < -0.39 is 0 Å². The van der Waals surface area contributed by atoms with Crippen molar-refractivity contribution in [3.8, 4) is 0 Å². The molecule has 1 amide bonds. The molecule has 6 heteroatoms. The fourth-order valence-electron chi connectivity index (χ4n) is 5.31. The van der Waals surface area contributed by atoms with E-state index in [4.69, 9.17) is 23.2 Å². The van der Waals surface area contributed by atoms with Crippen LogP contribution in [0.4, 0.5) is 5.69 Å². The Kier molecular flexibility index (Phi) is 9.07. The smallest absolute Gasteiger partial charge is 0.254 e. The third-order valence-corrected chi connectivity index (χ3v) is 7.82. The van der Waals surface area contributed by atoms with Crippen LogP contribution in [0.2, 0.25) is 5.02 Å². The minimum Gasteiger partial charge on any atom is -0.307 e. The lowest BCUT2D eigenvalue weighted by molar-refractivity contribution is -0.115. The largest absolute Gasteiger partial charge is 0.307 e. The van der Waals surface area contributed by atoms with Crippen molar-refractivity contribution in [2.75, 3.05) is 31.1 Å². The highest BCUT2D eigenvalue weighted by Gasteiger charge is 2.46. The highest BCUT2D eigenvalue weighted by Crippen LogP contribution is 2.48. The maximum Gasteiger partial charge on any atom is 0.254 e. The Hall–Kier alpha value is -2.66. The number of nitrogens with zero attached hydrogens (tertiary/aromatic N) is 3. The predicted octanol–water partition coefficient (Wildman–Crippen LogP) is 7.55. The van der Waals surface area contributed by atoms with Crippen LogP contribution in [-0.2, 0) is 10.2 Å². The summed E-state index contributed by atoms with van der Waals surface area (Å²) in [7, 11) is 0. The number of fused-ring (bicyclic) bond motifs is 2. The second-order valence-corrected chi connectivity index (χ2v) is 10.5. The molecule has 0 N–H and O–H groups in total. The third-order valence-electron chi connectivity index (χ3n) is 7.32. The number of hydrogen-bond acceptors (Lipinski definition) is 3. The summed E-state index contributed by atoms with van der Waals surface area (Å²) in [5.41, 5.74) is 5.48. The number of benzene rings is 2. The number of aryl methyl sites for hydroxylation is 1. The lowest BCUT2D eigenvalue weighted by Crippen LogP contribution is -2.46. The zero-order chi connectivity index (χ0) is 26.4. The van der Waals surface area contributed by atoms with Gasteiger partial charge in [0.05, 0.1) is 0 Å². The Morgan fingerprint density at radius 2 is 1.81 bits per heavy atom. The molecule has 2 aromatic carbocycles. The van der Waals surface area contributed by atoms with Gasteiger partial charge in [-0.2, -0.15) is 0 Å². The number of halogens is 2. The van der Waals surface area contributed by atoms with Gasteiger partial charge in [-0.3, -0.25) is 9.69 Å². The van der Waals surface area contributed by atoms with Crippen LogP contribution in [0.1, 0.15) is 49.8 Å². The first kappa shape index (κ1) is 27.4. The van der Waals surface area contributed by atoms with Gasteiger partial charge in [0, 0.05) is 41.0 Å². The Bertz CT molecular complexity index is 1230. The summed E-state index contributed by atoms with van der Waals surface area (Å²) >= 11 is 12.0. The highest BCUT2D eigenvalue weighted by molar-refractivity contribution is 6.30. The highest BCUT2D eigenvalue weighted by atomic mass is 35.5. The van der Waals surface area contributed by atoms with Gasteiger partial charge >= 0.3 is 0 Å². The number of carbonyl (C=O) groups excluding carboxylic acids is 1. The van der Waals surface area contributed by atoms with E-state index in [1.165, 1.54) is 11.1 Å². The normalized spacial score (nSPS) is 18.7. The van der Waals surface area contributed by atoms with E-state index in [1.54, 1.807) is 18.4 Å². The second kappa shape index (κ2) is 12.3. The van der Waals surface area contributed by atoms with E-state index in [0.29, 0.717) is 11.6 Å². The summed E-state index contributed by atoms with van der Waals surface area (Å²) in [6.07, 6.45) is 12.2. The summed E-state index contributed by atoms with van der Waals surface area (Å²) in [6.45, 7) is 9.79. The number of carbonyl (C=O) groups is 1. The first-order valence-electron chi connectivity index (χ1n) is 13.1. The van der Waals surface area contributed by atoms with Gasteiger partial charge in [0.15, 0.2) is 0 Å². The minimum atomic E-state index is 0.000268. The molecule has 1 spiro atoms. The average Bonchev–Trinajstić information content (AvgIpc) is 3.05. The molecule has 0 aromatic heterocycles. The van der Waals surface area contributed by atoms with Gasteiger partial charge in [0.25, 0.3) is 5.91 Å². The van der Waals surface area contributed by atoms with E-state index >= 15 is 0 Å². The van der Waals surface area contributed by atoms with Crippen molar-refractivity contribution in [3.05, 3.63) is 93.1 Å². The molecule has 4 nitrogen and oxygen atoms in total. The fourth-order valence-corrected chi connectivity index (χ4v) is 5.57. The van der Waals surface area contributed by atoms with E-state index in [1.807, 2.05) is 43.0 Å². The molecule has 3 heterocycles. The van der Waals surface area contributed by atoms with Crippen molar-refractivity contribution < 1.29 is 4.79 Å². The zero-order valence-electron chi connectivity index (χ0n) is 21.9. The summed E-state index contributed by atoms with van der Waals surface area (Å²) in [6, 6.07) is 14.4. The van der Waals surface area contributed by atoms with Crippen molar-refractivity contribution in [3.63, 3.8) is 0 Å². The molecule has 1 saturated heterocycles. The van der Waals surface area contributed by atoms with Gasteiger partial charge in [0.2, 0.25) is 0 Å². The molecular weight excluding hydrogens is 501 g/mol. The average molecular weight is 537 g/mol. The van der Waals surface area contributed by atoms with Gasteiger partial charge in [-0.1, -0.05) is 79.0 Å². The van der Waals surface area contributed by atoms with Gasteiger partial charge in [-0.15, -0.1) is 0 Å². The molecule has 194 valence electrons. The van der Waals surface area contributed by atoms with Crippen molar-refractivity contribution in [1.29, 1.82) is 0 Å². The molecule has 1 fully saturated rings. The van der Waals surface area contributed by atoms with Crippen LogP contribution in [0.3, 0.4) is 0 Å². The molecule has 0 aliphatic carbocycles. The summed E-state index contributed by atoms with van der Waals surface area (Å²) < 4.78 is 0. The van der Waals surface area contributed by atoms with Crippen LogP contribution in [0.5, 0.6) is 0 Å². The lowest BCUT2D eigenvalue weighted by Gasteiger charge is -2.39. The molecule has 0 radical (unpaired) electrons. The monoisotopic (exact) mass is 535 g/mol. The molecule has 3 aliphatic rings. The molecule has 0 bridgehead atoms. The lowest BCUT2D eigenvalue weighted by atomic mass is 9.74. The van der Waals surface area contributed by atoms with Gasteiger partial charge in [-0.25, -0.2) is 4.99 Å². The van der Waals surface area contributed by atoms with Crippen molar-refractivity contribution in [1.82, 2.24) is 4.90 Å². The maximum absolute atomic E-state index is 13.6. The van der Waals surface area contributed by atoms with Crippen LogP contribution in [0.15, 0.2) is 76.4 Å². The van der Waals surface area contributed by atoms with E-state index in [2.05, 4.69) is 47.2 Å². The molecule has 0 saturated carbocycles. The summed E-state index contributed by atoms with van der Waals surface area (Å²) in [5.74, 6) is 0.0503. The molecular formula is C31H35Cl2N3O. The molecule has 0 atom stereocenters. The van der Waals surface area contributed by atoms with E-state index in [9.17, 15) is 4.79 Å². The Labute approximate surface area is 231 Å². The van der Waals surface area contributed by atoms with Crippen molar-refractivity contribution in [2.45, 2.75) is 45.4 Å². The molecule has 37 heavy (non-hydrogen) atoms. The standard InChI is InChI=1S/C29H29Cl2N3O.C2H6/c1-21-4-10-26-25(19-21)29(20-34(26)28(35)23-7-11-27(31)32-15-12-23)13-17-33(18-14-29)16-2-3-22-5-8-24(30)9-6-22;1-2/h2-6,8-12,15,19H,7,13-14,16-18,20H2,1H3;1-2H3/b3-2+;. The van der Waals surface area contributed by atoms with Crippen LogP contribution in [0.25, 0.3) is 6.08 Å². The number of anilines is 1. The first-order valence-corrected chi connectivity index (χ1v) is 13.9. The number of piperidine rings is 1. The van der Waals surface area contributed by atoms with Crippen LogP contribution >= 0.6 is 23.2 Å². The number of amides is 1. The SMILES string of the molecule is CC.Cc1ccc2c(c1)C1(CCN(C/C=C/c3ccc(Cl)cc3)CC1)CN2C(=O)C1=CC=NC(Cl)=CC1.